The van der Waals surface area contributed by atoms with Crippen molar-refractivity contribution in [1.29, 1.82) is 0 Å². The van der Waals surface area contributed by atoms with Crippen LogP contribution in [0.1, 0.15) is 16.1 Å². The SMILES string of the molecule is CNS(=O)(=O)c1csc(C(=O)NCC2=CCNCC2)c1.Cl. The topological polar surface area (TPSA) is 87.3 Å². The van der Waals surface area contributed by atoms with Crippen molar-refractivity contribution in [3.63, 3.8) is 0 Å². The number of nitrogens with one attached hydrogen (secondary N) is 3. The zero-order valence-electron chi connectivity index (χ0n) is 11.5. The summed E-state index contributed by atoms with van der Waals surface area (Å²) < 4.78 is 25.4. The Bertz CT molecular complexity index is 625. The van der Waals surface area contributed by atoms with Crippen LogP contribution in [0.5, 0.6) is 0 Å². The van der Waals surface area contributed by atoms with Gasteiger partial charge < -0.3 is 10.6 Å². The number of carbonyl (C=O) groups excluding carboxylic acids is 1. The van der Waals surface area contributed by atoms with Crippen molar-refractivity contribution in [1.82, 2.24) is 15.4 Å². The third-order valence-corrected chi connectivity index (χ3v) is 5.48. The van der Waals surface area contributed by atoms with Crippen molar-refractivity contribution < 1.29 is 13.2 Å². The van der Waals surface area contributed by atoms with Gasteiger partial charge in [0.1, 0.15) is 0 Å². The van der Waals surface area contributed by atoms with Crippen LogP contribution in [0, 0.1) is 0 Å². The summed E-state index contributed by atoms with van der Waals surface area (Å²) in [4.78, 5) is 12.5. The maximum Gasteiger partial charge on any atom is 0.261 e. The van der Waals surface area contributed by atoms with Crippen molar-refractivity contribution in [2.75, 3.05) is 26.7 Å². The third kappa shape index (κ3) is 4.79. The molecule has 1 amide bonds. The van der Waals surface area contributed by atoms with Crippen LogP contribution in [-0.4, -0.2) is 41.0 Å². The van der Waals surface area contributed by atoms with Gasteiger partial charge in [-0.3, -0.25) is 4.79 Å². The van der Waals surface area contributed by atoms with Gasteiger partial charge in [-0.05, 0) is 26.1 Å². The highest BCUT2D eigenvalue weighted by Crippen LogP contribution is 2.19. The van der Waals surface area contributed by atoms with Crippen LogP contribution in [0.4, 0.5) is 0 Å². The fourth-order valence-corrected chi connectivity index (χ4v) is 3.73. The van der Waals surface area contributed by atoms with Gasteiger partial charge in [-0.25, -0.2) is 13.1 Å². The molecule has 0 unspecified atom stereocenters. The molecule has 2 rings (SSSR count). The van der Waals surface area contributed by atoms with Crippen LogP contribution < -0.4 is 15.4 Å². The number of halogens is 1. The second-order valence-corrected chi connectivity index (χ2v) is 7.15. The first-order valence-corrected chi connectivity index (χ1v) is 8.58. The van der Waals surface area contributed by atoms with E-state index in [4.69, 9.17) is 0 Å². The van der Waals surface area contributed by atoms with E-state index < -0.39 is 10.0 Å². The van der Waals surface area contributed by atoms with Gasteiger partial charge in [0, 0.05) is 18.5 Å². The lowest BCUT2D eigenvalue weighted by molar-refractivity contribution is 0.0960. The number of hydrogen-bond acceptors (Lipinski definition) is 5. The first-order valence-electron chi connectivity index (χ1n) is 6.22. The molecule has 1 aliphatic heterocycles. The lowest BCUT2D eigenvalue weighted by Crippen LogP contribution is -2.29. The fourth-order valence-electron chi connectivity index (χ4n) is 1.81. The van der Waals surface area contributed by atoms with Gasteiger partial charge in [-0.15, -0.1) is 23.7 Å². The lowest BCUT2D eigenvalue weighted by Gasteiger charge is -2.14. The summed E-state index contributed by atoms with van der Waals surface area (Å²) in [6.45, 7) is 2.26. The lowest BCUT2D eigenvalue weighted by atomic mass is 10.1. The van der Waals surface area contributed by atoms with E-state index in [2.05, 4.69) is 21.4 Å². The van der Waals surface area contributed by atoms with E-state index >= 15 is 0 Å². The van der Waals surface area contributed by atoms with Gasteiger partial charge in [0.15, 0.2) is 0 Å². The van der Waals surface area contributed by atoms with Crippen LogP contribution in [0.2, 0.25) is 0 Å². The molecule has 9 heteroatoms. The molecule has 0 saturated heterocycles. The molecular weight excluding hydrogens is 334 g/mol. The van der Waals surface area contributed by atoms with Crippen molar-refractivity contribution in [3.05, 3.63) is 28.0 Å². The Labute approximate surface area is 134 Å². The first kappa shape index (κ1) is 18.1. The van der Waals surface area contributed by atoms with Gasteiger partial charge in [0.05, 0.1) is 9.77 Å². The molecule has 0 saturated carbocycles. The molecule has 6 nitrogen and oxygen atoms in total. The molecule has 2 heterocycles. The average molecular weight is 352 g/mol. The molecule has 0 aliphatic carbocycles. The van der Waals surface area contributed by atoms with Crippen LogP contribution >= 0.6 is 23.7 Å². The quantitative estimate of drug-likeness (QED) is 0.682. The molecular formula is C12H18ClN3O3S2. The molecule has 0 radical (unpaired) electrons. The Morgan fingerprint density at radius 2 is 2.24 bits per heavy atom. The molecule has 0 atom stereocenters. The minimum absolute atomic E-state index is 0. The fraction of sp³-hybridized carbons (Fsp3) is 0.417. The molecule has 0 aromatic carbocycles. The summed E-state index contributed by atoms with van der Waals surface area (Å²) in [7, 11) is -2.14. The number of carbonyl (C=O) groups is 1. The Morgan fingerprint density at radius 3 is 2.86 bits per heavy atom. The molecule has 118 valence electrons. The highest BCUT2D eigenvalue weighted by Gasteiger charge is 2.17. The largest absolute Gasteiger partial charge is 0.348 e. The summed E-state index contributed by atoms with van der Waals surface area (Å²) in [6, 6.07) is 1.39. The van der Waals surface area contributed by atoms with E-state index in [0.29, 0.717) is 11.4 Å². The van der Waals surface area contributed by atoms with Crippen molar-refractivity contribution in [3.8, 4) is 0 Å². The van der Waals surface area contributed by atoms with E-state index in [1.54, 1.807) is 0 Å². The van der Waals surface area contributed by atoms with Crippen molar-refractivity contribution in [2.45, 2.75) is 11.3 Å². The first-order chi connectivity index (χ1) is 9.53. The van der Waals surface area contributed by atoms with Crippen molar-refractivity contribution >= 4 is 39.7 Å². The molecule has 1 aromatic rings. The van der Waals surface area contributed by atoms with Crippen molar-refractivity contribution in [2.24, 2.45) is 0 Å². The molecule has 0 bridgehead atoms. The smallest absolute Gasteiger partial charge is 0.261 e. The second kappa shape index (κ2) is 7.90. The molecule has 1 aromatic heterocycles. The zero-order chi connectivity index (χ0) is 14.6. The maximum absolute atomic E-state index is 12.0. The summed E-state index contributed by atoms with van der Waals surface area (Å²) in [6.07, 6.45) is 2.99. The van der Waals surface area contributed by atoms with E-state index in [9.17, 15) is 13.2 Å². The Balaban J connectivity index is 0.00000220. The molecule has 0 spiro atoms. The number of amides is 1. The van der Waals surface area contributed by atoms with Gasteiger partial charge in [0.25, 0.3) is 5.91 Å². The number of sulfonamides is 1. The number of thiophene rings is 1. The standard InChI is InChI=1S/C12H17N3O3S2.ClH/c1-13-20(17,18)10-6-11(19-8-10)12(16)15-7-9-2-4-14-5-3-9;/h2,6,8,13-14H,3-5,7H2,1H3,(H,15,16);1H. The molecule has 21 heavy (non-hydrogen) atoms. The van der Waals surface area contributed by atoms with E-state index in [0.717, 1.165) is 30.8 Å². The third-order valence-electron chi connectivity index (χ3n) is 3.01. The van der Waals surface area contributed by atoms with Crippen LogP contribution in [0.25, 0.3) is 0 Å². The highest BCUT2D eigenvalue weighted by atomic mass is 35.5. The molecule has 1 aliphatic rings. The van der Waals surface area contributed by atoms with Crippen LogP contribution in [0.15, 0.2) is 28.0 Å². The number of hydrogen-bond donors (Lipinski definition) is 3. The summed E-state index contributed by atoms with van der Waals surface area (Å²) >= 11 is 1.12. The predicted molar refractivity (Wildman–Crippen MR) is 85.7 cm³/mol. The Kier molecular flexibility index (Phi) is 6.82. The van der Waals surface area contributed by atoms with Gasteiger partial charge in [0.2, 0.25) is 10.0 Å². The summed E-state index contributed by atoms with van der Waals surface area (Å²) in [5, 5.41) is 7.47. The second-order valence-electron chi connectivity index (χ2n) is 4.35. The average Bonchev–Trinajstić information content (AvgIpc) is 2.96. The Hall–Kier alpha value is -0.930. The molecule has 0 fully saturated rings. The summed E-state index contributed by atoms with van der Waals surface area (Å²) in [5.41, 5.74) is 1.19. The number of rotatable bonds is 5. The predicted octanol–water partition coefficient (Wildman–Crippen LogP) is 0.728. The van der Waals surface area contributed by atoms with Gasteiger partial charge >= 0.3 is 0 Å². The highest BCUT2D eigenvalue weighted by molar-refractivity contribution is 7.89. The van der Waals surface area contributed by atoms with E-state index in [1.165, 1.54) is 24.1 Å². The van der Waals surface area contributed by atoms with E-state index in [1.807, 2.05) is 0 Å². The summed E-state index contributed by atoms with van der Waals surface area (Å²) in [5.74, 6) is -0.244. The minimum atomic E-state index is -3.49. The van der Waals surface area contributed by atoms with E-state index in [-0.39, 0.29) is 23.2 Å². The Morgan fingerprint density at radius 1 is 1.48 bits per heavy atom. The molecule has 3 N–H and O–H groups in total. The normalized spacial score (nSPS) is 15.0. The minimum Gasteiger partial charge on any atom is -0.348 e. The van der Waals surface area contributed by atoms with Crippen LogP contribution in [-0.2, 0) is 10.0 Å². The zero-order valence-corrected chi connectivity index (χ0v) is 14.0. The van der Waals surface area contributed by atoms with Gasteiger partial charge in [-0.1, -0.05) is 11.6 Å². The maximum atomic E-state index is 12.0. The van der Waals surface area contributed by atoms with Gasteiger partial charge in [-0.2, -0.15) is 0 Å². The monoisotopic (exact) mass is 351 g/mol. The van der Waals surface area contributed by atoms with Crippen LogP contribution in [0.3, 0.4) is 0 Å².